The molecule has 0 bridgehead atoms. The number of sulfonamides is 1. The number of alkyl halides is 3. The van der Waals surface area contributed by atoms with E-state index in [4.69, 9.17) is 16.3 Å². The average Bonchev–Trinajstić information content (AvgIpc) is 3.06. The number of methoxy groups -OCH3 is 1. The SMILES string of the molecule is CCNC(=O)[C@@H](Cc1ccccc1)N(Cc1cccc(OC)c1)C(=O)CN(c1ccc(Cl)c(C(F)(F)F)c1)S(=O)(=O)c1ccccc1. The van der Waals surface area contributed by atoms with Crippen LogP contribution in [0.3, 0.4) is 0 Å². The van der Waals surface area contributed by atoms with Gasteiger partial charge in [0.25, 0.3) is 10.0 Å². The molecule has 248 valence electrons. The molecule has 47 heavy (non-hydrogen) atoms. The van der Waals surface area contributed by atoms with Crippen molar-refractivity contribution in [2.24, 2.45) is 0 Å². The number of amides is 2. The molecule has 13 heteroatoms. The van der Waals surface area contributed by atoms with E-state index < -0.39 is 56.9 Å². The zero-order valence-electron chi connectivity index (χ0n) is 25.6. The minimum atomic E-state index is -4.91. The highest BCUT2D eigenvalue weighted by Crippen LogP contribution is 2.38. The van der Waals surface area contributed by atoms with E-state index >= 15 is 0 Å². The molecule has 0 aliphatic heterocycles. The number of likely N-dealkylation sites (N-methyl/N-ethyl adjacent to an activating group) is 1. The maximum atomic E-state index is 14.4. The zero-order valence-corrected chi connectivity index (χ0v) is 27.1. The van der Waals surface area contributed by atoms with E-state index in [0.29, 0.717) is 21.7 Å². The number of benzene rings is 4. The third-order valence-electron chi connectivity index (χ3n) is 7.26. The molecule has 0 saturated carbocycles. The zero-order chi connectivity index (χ0) is 34.2. The molecule has 4 aromatic rings. The third-order valence-corrected chi connectivity index (χ3v) is 9.38. The second-order valence-corrected chi connectivity index (χ2v) is 12.7. The standard InChI is InChI=1S/C34H33ClF3N3O5S/c1-3-39-33(43)31(20-24-11-6-4-7-12-24)40(22-25-13-10-14-27(19-25)46-2)32(42)23-41(47(44,45)28-15-8-5-9-16-28)26-17-18-30(35)29(21-26)34(36,37)38/h4-19,21,31H,3,20,22-23H2,1-2H3,(H,39,43)/t31-/m1/s1. The third kappa shape index (κ3) is 8.83. The molecule has 4 rings (SSSR count). The normalized spacial score (nSPS) is 12.2. The van der Waals surface area contributed by atoms with Gasteiger partial charge in [0, 0.05) is 19.5 Å². The minimum Gasteiger partial charge on any atom is -0.497 e. The van der Waals surface area contributed by atoms with Crippen LogP contribution in [0.2, 0.25) is 5.02 Å². The molecular weight excluding hydrogens is 655 g/mol. The predicted molar refractivity (Wildman–Crippen MR) is 174 cm³/mol. The second kappa shape index (κ2) is 15.4. The van der Waals surface area contributed by atoms with Crippen LogP contribution in [-0.4, -0.2) is 51.4 Å². The fourth-order valence-corrected chi connectivity index (χ4v) is 6.60. The van der Waals surface area contributed by atoms with Gasteiger partial charge in [-0.1, -0.05) is 72.3 Å². The van der Waals surface area contributed by atoms with E-state index in [1.54, 1.807) is 67.6 Å². The summed E-state index contributed by atoms with van der Waals surface area (Å²) in [6.45, 7) is 0.909. The van der Waals surface area contributed by atoms with E-state index in [1.165, 1.54) is 36.3 Å². The number of carbonyl (C=O) groups excluding carboxylic acids is 2. The van der Waals surface area contributed by atoms with Crippen LogP contribution in [0.25, 0.3) is 0 Å². The van der Waals surface area contributed by atoms with Crippen LogP contribution in [0.5, 0.6) is 5.75 Å². The van der Waals surface area contributed by atoms with E-state index in [0.717, 1.165) is 17.7 Å². The largest absolute Gasteiger partial charge is 0.497 e. The maximum Gasteiger partial charge on any atom is 0.417 e. The second-order valence-electron chi connectivity index (χ2n) is 10.5. The summed E-state index contributed by atoms with van der Waals surface area (Å²) in [5.74, 6) is -0.833. The monoisotopic (exact) mass is 687 g/mol. The Balaban J connectivity index is 1.86. The van der Waals surface area contributed by atoms with Crippen molar-refractivity contribution in [1.82, 2.24) is 10.2 Å². The number of ether oxygens (including phenoxy) is 1. The first kappa shape index (κ1) is 35.3. The first-order valence-electron chi connectivity index (χ1n) is 14.5. The Morgan fingerprint density at radius 2 is 1.53 bits per heavy atom. The summed E-state index contributed by atoms with van der Waals surface area (Å²) < 4.78 is 75.7. The highest BCUT2D eigenvalue weighted by molar-refractivity contribution is 7.92. The average molecular weight is 688 g/mol. The van der Waals surface area contributed by atoms with Crippen LogP contribution in [0.1, 0.15) is 23.6 Å². The van der Waals surface area contributed by atoms with Gasteiger partial charge in [0.15, 0.2) is 0 Å². The van der Waals surface area contributed by atoms with Gasteiger partial charge in [-0.25, -0.2) is 8.42 Å². The highest BCUT2D eigenvalue weighted by atomic mass is 35.5. The smallest absolute Gasteiger partial charge is 0.417 e. The van der Waals surface area contributed by atoms with Gasteiger partial charge in [0.2, 0.25) is 11.8 Å². The Morgan fingerprint density at radius 1 is 0.894 bits per heavy atom. The summed E-state index contributed by atoms with van der Waals surface area (Å²) in [7, 11) is -3.13. The number of rotatable bonds is 13. The van der Waals surface area contributed by atoms with Gasteiger partial charge in [-0.05, 0) is 60.5 Å². The number of anilines is 1. The number of carbonyl (C=O) groups is 2. The molecular formula is C34H33ClF3N3O5S. The van der Waals surface area contributed by atoms with Gasteiger partial charge < -0.3 is 15.0 Å². The molecule has 0 fully saturated rings. The van der Waals surface area contributed by atoms with Crippen molar-refractivity contribution >= 4 is 39.1 Å². The molecule has 0 spiro atoms. The Kier molecular flexibility index (Phi) is 11.5. The molecule has 0 unspecified atom stereocenters. The number of halogens is 4. The first-order chi connectivity index (χ1) is 22.3. The van der Waals surface area contributed by atoms with Crippen molar-refractivity contribution < 1.29 is 35.9 Å². The number of hydrogen-bond donors (Lipinski definition) is 1. The van der Waals surface area contributed by atoms with E-state index in [2.05, 4.69) is 5.32 Å². The van der Waals surface area contributed by atoms with E-state index in [1.807, 2.05) is 0 Å². The van der Waals surface area contributed by atoms with Gasteiger partial charge in [-0.2, -0.15) is 13.2 Å². The quantitative estimate of drug-likeness (QED) is 0.177. The first-order valence-corrected chi connectivity index (χ1v) is 16.4. The Bertz CT molecular complexity index is 1790. The Morgan fingerprint density at radius 3 is 2.15 bits per heavy atom. The Labute approximate surface area is 276 Å². The maximum absolute atomic E-state index is 14.4. The van der Waals surface area contributed by atoms with Crippen LogP contribution in [0.4, 0.5) is 18.9 Å². The van der Waals surface area contributed by atoms with Gasteiger partial charge >= 0.3 is 6.18 Å². The molecule has 1 atom stereocenters. The topological polar surface area (TPSA) is 96.0 Å². The molecule has 4 aromatic carbocycles. The van der Waals surface area contributed by atoms with Gasteiger partial charge in [0.1, 0.15) is 18.3 Å². The van der Waals surface area contributed by atoms with Gasteiger partial charge in [-0.15, -0.1) is 0 Å². The van der Waals surface area contributed by atoms with Gasteiger partial charge in [-0.3, -0.25) is 13.9 Å². The van der Waals surface area contributed by atoms with Crippen molar-refractivity contribution in [3.05, 3.63) is 125 Å². The van der Waals surface area contributed by atoms with Crippen molar-refractivity contribution in [3.8, 4) is 5.75 Å². The number of nitrogens with zero attached hydrogens (tertiary/aromatic N) is 2. The molecule has 2 amide bonds. The molecule has 0 radical (unpaired) electrons. The summed E-state index contributed by atoms with van der Waals surface area (Å²) in [6, 6.07) is 24.3. The summed E-state index contributed by atoms with van der Waals surface area (Å²) in [5, 5.41) is 2.12. The molecule has 1 N–H and O–H groups in total. The van der Waals surface area contributed by atoms with E-state index in [-0.39, 0.29) is 24.4 Å². The van der Waals surface area contributed by atoms with Crippen LogP contribution < -0.4 is 14.4 Å². The highest BCUT2D eigenvalue weighted by Gasteiger charge is 2.37. The lowest BCUT2D eigenvalue weighted by atomic mass is 10.0. The fourth-order valence-electron chi connectivity index (χ4n) is 4.95. The molecule has 0 aliphatic carbocycles. The van der Waals surface area contributed by atoms with Crippen LogP contribution in [-0.2, 0) is 38.8 Å². The number of hydrogen-bond acceptors (Lipinski definition) is 5. The lowest BCUT2D eigenvalue weighted by Crippen LogP contribution is -2.53. The molecule has 0 heterocycles. The molecule has 8 nitrogen and oxygen atoms in total. The molecule has 0 aromatic heterocycles. The van der Waals surface area contributed by atoms with Crippen LogP contribution in [0, 0.1) is 0 Å². The predicted octanol–water partition coefficient (Wildman–Crippen LogP) is 6.34. The van der Waals surface area contributed by atoms with Crippen LogP contribution in [0.15, 0.2) is 108 Å². The summed E-state index contributed by atoms with van der Waals surface area (Å²) >= 11 is 5.85. The minimum absolute atomic E-state index is 0.0764. The fraction of sp³-hybridized carbons (Fsp3) is 0.235. The summed E-state index contributed by atoms with van der Waals surface area (Å²) in [5.41, 5.74) is -0.398. The van der Waals surface area contributed by atoms with Crippen molar-refractivity contribution in [2.75, 3.05) is 24.5 Å². The van der Waals surface area contributed by atoms with Crippen molar-refractivity contribution in [3.63, 3.8) is 0 Å². The lowest BCUT2D eigenvalue weighted by Gasteiger charge is -2.34. The molecule has 0 saturated heterocycles. The van der Waals surface area contributed by atoms with E-state index in [9.17, 15) is 31.2 Å². The van der Waals surface area contributed by atoms with Crippen molar-refractivity contribution in [1.29, 1.82) is 0 Å². The summed E-state index contributed by atoms with van der Waals surface area (Å²) in [6.07, 6.45) is -4.83. The Hall–Kier alpha value is -4.55. The summed E-state index contributed by atoms with van der Waals surface area (Å²) in [4.78, 5) is 29.0. The van der Waals surface area contributed by atoms with Crippen LogP contribution >= 0.6 is 11.6 Å². The van der Waals surface area contributed by atoms with Crippen molar-refractivity contribution in [2.45, 2.75) is 37.0 Å². The number of nitrogens with one attached hydrogen (secondary N) is 1. The molecule has 0 aliphatic rings. The lowest BCUT2D eigenvalue weighted by molar-refractivity contribution is -0.140. The van der Waals surface area contributed by atoms with Gasteiger partial charge in [0.05, 0.1) is 28.3 Å².